The fraction of sp³-hybridized carbons (Fsp3) is 0.200. The SMILES string of the molecule is N#CC(NCCc1ccccc1)c1cccnc1. The Bertz CT molecular complexity index is 502. The molecule has 0 fully saturated rings. The van der Waals surface area contributed by atoms with Crippen LogP contribution in [0.1, 0.15) is 17.2 Å². The number of nitrogens with zero attached hydrogens (tertiary/aromatic N) is 2. The molecule has 0 radical (unpaired) electrons. The molecule has 0 saturated carbocycles. The van der Waals surface area contributed by atoms with Gasteiger partial charge in [-0.3, -0.25) is 10.3 Å². The molecule has 1 aromatic carbocycles. The van der Waals surface area contributed by atoms with E-state index >= 15 is 0 Å². The number of hydrogen-bond donors (Lipinski definition) is 1. The first-order valence-corrected chi connectivity index (χ1v) is 5.97. The summed E-state index contributed by atoms with van der Waals surface area (Å²) in [6.07, 6.45) is 4.35. The molecular formula is C15H15N3. The van der Waals surface area contributed by atoms with Crippen molar-refractivity contribution >= 4 is 0 Å². The van der Waals surface area contributed by atoms with E-state index in [-0.39, 0.29) is 6.04 Å². The molecule has 0 spiro atoms. The molecule has 3 heteroatoms. The number of benzene rings is 1. The fourth-order valence-corrected chi connectivity index (χ4v) is 1.79. The van der Waals surface area contributed by atoms with E-state index in [0.717, 1.165) is 18.5 Å². The summed E-state index contributed by atoms with van der Waals surface area (Å²) in [5.41, 5.74) is 2.18. The molecule has 1 atom stereocenters. The molecule has 0 bridgehead atoms. The Morgan fingerprint density at radius 1 is 1.17 bits per heavy atom. The van der Waals surface area contributed by atoms with Crippen LogP contribution in [0.5, 0.6) is 0 Å². The Balaban J connectivity index is 1.88. The molecule has 1 N–H and O–H groups in total. The van der Waals surface area contributed by atoms with E-state index in [1.165, 1.54) is 5.56 Å². The Kier molecular flexibility index (Phi) is 4.46. The standard InChI is InChI=1S/C15H15N3/c16-11-15(14-7-4-9-17-12-14)18-10-8-13-5-2-1-3-6-13/h1-7,9,12,15,18H,8,10H2. The van der Waals surface area contributed by atoms with Gasteiger partial charge in [0.15, 0.2) is 0 Å². The molecule has 18 heavy (non-hydrogen) atoms. The van der Waals surface area contributed by atoms with E-state index < -0.39 is 0 Å². The molecule has 2 aromatic rings. The summed E-state index contributed by atoms with van der Waals surface area (Å²) in [5.74, 6) is 0. The second-order valence-electron chi connectivity index (χ2n) is 4.04. The monoisotopic (exact) mass is 237 g/mol. The van der Waals surface area contributed by atoms with E-state index in [0.29, 0.717) is 0 Å². The molecule has 2 rings (SSSR count). The van der Waals surface area contributed by atoms with E-state index in [4.69, 9.17) is 5.26 Å². The maximum absolute atomic E-state index is 9.14. The molecule has 1 aromatic heterocycles. The van der Waals surface area contributed by atoms with Crippen LogP contribution >= 0.6 is 0 Å². The van der Waals surface area contributed by atoms with Crippen LogP contribution in [-0.2, 0) is 6.42 Å². The molecule has 1 heterocycles. The van der Waals surface area contributed by atoms with Crippen molar-refractivity contribution in [2.45, 2.75) is 12.5 Å². The number of hydrogen-bond acceptors (Lipinski definition) is 3. The van der Waals surface area contributed by atoms with Crippen LogP contribution in [0.25, 0.3) is 0 Å². The van der Waals surface area contributed by atoms with Gasteiger partial charge in [0.05, 0.1) is 6.07 Å². The van der Waals surface area contributed by atoms with Crippen LogP contribution in [0.4, 0.5) is 0 Å². The largest absolute Gasteiger partial charge is 0.298 e. The smallest absolute Gasteiger partial charge is 0.122 e. The minimum absolute atomic E-state index is 0.289. The average molecular weight is 237 g/mol. The van der Waals surface area contributed by atoms with Gasteiger partial charge in [-0.1, -0.05) is 36.4 Å². The van der Waals surface area contributed by atoms with Crippen molar-refractivity contribution in [1.29, 1.82) is 5.26 Å². The van der Waals surface area contributed by atoms with Crippen molar-refractivity contribution in [1.82, 2.24) is 10.3 Å². The lowest BCUT2D eigenvalue weighted by molar-refractivity contribution is 0.628. The first kappa shape index (κ1) is 12.3. The normalized spacial score (nSPS) is 11.7. The fourth-order valence-electron chi connectivity index (χ4n) is 1.79. The van der Waals surface area contributed by atoms with Gasteiger partial charge in [0, 0.05) is 24.5 Å². The summed E-state index contributed by atoms with van der Waals surface area (Å²) in [6.45, 7) is 0.775. The molecule has 0 saturated heterocycles. The van der Waals surface area contributed by atoms with Gasteiger partial charge in [-0.2, -0.15) is 5.26 Å². The van der Waals surface area contributed by atoms with E-state index in [2.05, 4.69) is 28.5 Å². The molecular weight excluding hydrogens is 222 g/mol. The Labute approximate surface area is 107 Å². The highest BCUT2D eigenvalue weighted by molar-refractivity contribution is 5.20. The summed E-state index contributed by atoms with van der Waals surface area (Å²) in [4.78, 5) is 4.03. The van der Waals surface area contributed by atoms with Crippen molar-refractivity contribution < 1.29 is 0 Å². The topological polar surface area (TPSA) is 48.7 Å². The third-order valence-electron chi connectivity index (χ3n) is 2.75. The highest BCUT2D eigenvalue weighted by Gasteiger charge is 2.08. The van der Waals surface area contributed by atoms with Crippen molar-refractivity contribution in [3.8, 4) is 6.07 Å². The van der Waals surface area contributed by atoms with Crippen LogP contribution < -0.4 is 5.32 Å². The summed E-state index contributed by atoms with van der Waals surface area (Å²) in [6, 6.07) is 16.0. The first-order valence-electron chi connectivity index (χ1n) is 5.97. The van der Waals surface area contributed by atoms with Crippen LogP contribution in [0, 0.1) is 11.3 Å². The van der Waals surface area contributed by atoms with Crippen LogP contribution in [0.2, 0.25) is 0 Å². The molecule has 0 aliphatic heterocycles. The van der Waals surface area contributed by atoms with Crippen LogP contribution in [-0.4, -0.2) is 11.5 Å². The third kappa shape index (κ3) is 3.41. The minimum Gasteiger partial charge on any atom is -0.298 e. The van der Waals surface area contributed by atoms with Gasteiger partial charge in [-0.15, -0.1) is 0 Å². The lowest BCUT2D eigenvalue weighted by Crippen LogP contribution is -2.22. The highest BCUT2D eigenvalue weighted by Crippen LogP contribution is 2.09. The lowest BCUT2D eigenvalue weighted by atomic mass is 10.1. The molecule has 0 amide bonds. The zero-order chi connectivity index (χ0) is 12.6. The van der Waals surface area contributed by atoms with Gasteiger partial charge in [-0.05, 0) is 18.1 Å². The predicted molar refractivity (Wildman–Crippen MR) is 70.7 cm³/mol. The van der Waals surface area contributed by atoms with Gasteiger partial charge < -0.3 is 0 Å². The van der Waals surface area contributed by atoms with Gasteiger partial charge >= 0.3 is 0 Å². The summed E-state index contributed by atoms with van der Waals surface area (Å²) >= 11 is 0. The molecule has 1 unspecified atom stereocenters. The second-order valence-corrected chi connectivity index (χ2v) is 4.04. The average Bonchev–Trinajstić information content (AvgIpc) is 2.46. The molecule has 0 aliphatic carbocycles. The van der Waals surface area contributed by atoms with Crippen molar-refractivity contribution in [2.75, 3.05) is 6.54 Å². The zero-order valence-electron chi connectivity index (χ0n) is 10.1. The Morgan fingerprint density at radius 2 is 2.00 bits per heavy atom. The summed E-state index contributed by atoms with van der Waals surface area (Å²) in [7, 11) is 0. The first-order chi connectivity index (χ1) is 8.90. The number of pyridine rings is 1. The van der Waals surface area contributed by atoms with E-state index in [9.17, 15) is 0 Å². The summed E-state index contributed by atoms with van der Waals surface area (Å²) < 4.78 is 0. The van der Waals surface area contributed by atoms with Crippen LogP contribution in [0.3, 0.4) is 0 Å². The van der Waals surface area contributed by atoms with Crippen molar-refractivity contribution in [3.05, 3.63) is 66.0 Å². The maximum Gasteiger partial charge on any atom is 0.122 e. The van der Waals surface area contributed by atoms with Gasteiger partial charge in [0.1, 0.15) is 6.04 Å². The zero-order valence-corrected chi connectivity index (χ0v) is 10.1. The van der Waals surface area contributed by atoms with Gasteiger partial charge in [0.2, 0.25) is 0 Å². The van der Waals surface area contributed by atoms with Crippen molar-refractivity contribution in [2.24, 2.45) is 0 Å². The molecule has 90 valence electrons. The second kappa shape index (κ2) is 6.53. The molecule has 0 aliphatic rings. The number of nitrogens with one attached hydrogen (secondary N) is 1. The number of nitriles is 1. The lowest BCUT2D eigenvalue weighted by Gasteiger charge is -2.11. The minimum atomic E-state index is -0.289. The van der Waals surface area contributed by atoms with Gasteiger partial charge in [-0.25, -0.2) is 0 Å². The van der Waals surface area contributed by atoms with Gasteiger partial charge in [0.25, 0.3) is 0 Å². The quantitative estimate of drug-likeness (QED) is 0.869. The number of aromatic nitrogens is 1. The van der Waals surface area contributed by atoms with Crippen molar-refractivity contribution in [3.63, 3.8) is 0 Å². The third-order valence-corrected chi connectivity index (χ3v) is 2.75. The maximum atomic E-state index is 9.14. The van der Waals surface area contributed by atoms with E-state index in [1.807, 2.05) is 30.3 Å². The summed E-state index contributed by atoms with van der Waals surface area (Å²) in [5, 5.41) is 12.4. The number of rotatable bonds is 5. The van der Waals surface area contributed by atoms with E-state index in [1.54, 1.807) is 12.4 Å². The Morgan fingerprint density at radius 3 is 2.67 bits per heavy atom. The highest BCUT2D eigenvalue weighted by atomic mass is 14.9. The Hall–Kier alpha value is -2.18. The van der Waals surface area contributed by atoms with Crippen LogP contribution in [0.15, 0.2) is 54.9 Å². The predicted octanol–water partition coefficient (Wildman–Crippen LogP) is 2.48. The molecule has 3 nitrogen and oxygen atoms in total.